The molecular weight excluding hydrogens is 330 g/mol. The highest BCUT2D eigenvalue weighted by Crippen LogP contribution is 2.30. The average Bonchev–Trinajstić information content (AvgIpc) is 2.37. The molecule has 0 radical (unpaired) electrons. The van der Waals surface area contributed by atoms with Crippen molar-refractivity contribution in [2.24, 2.45) is 0 Å². The fraction of sp³-hybridized carbons (Fsp3) is 0.294. The van der Waals surface area contributed by atoms with Crippen LogP contribution in [0.5, 0.6) is 0 Å². The van der Waals surface area contributed by atoms with Gasteiger partial charge in [-0.25, -0.2) is 0 Å². The van der Waals surface area contributed by atoms with E-state index in [-0.39, 0.29) is 0 Å². The molecule has 0 aliphatic carbocycles. The van der Waals surface area contributed by atoms with Crippen LogP contribution in [0.15, 0.2) is 56.7 Å². The van der Waals surface area contributed by atoms with Crippen molar-refractivity contribution < 1.29 is 0 Å². The Labute approximate surface area is 134 Å². The maximum atomic E-state index is 3.51. The van der Waals surface area contributed by atoms with Gasteiger partial charge in [-0.05, 0) is 48.4 Å². The number of halogens is 1. The normalized spacial score (nSPS) is 11.1. The van der Waals surface area contributed by atoms with Crippen molar-refractivity contribution in [1.29, 1.82) is 0 Å². The lowest BCUT2D eigenvalue weighted by atomic mass is 10.1. The minimum absolute atomic E-state index is 0.519. The van der Waals surface area contributed by atoms with E-state index in [2.05, 4.69) is 84.5 Å². The van der Waals surface area contributed by atoms with Crippen molar-refractivity contribution in [1.82, 2.24) is 5.32 Å². The lowest BCUT2D eigenvalue weighted by molar-refractivity contribution is 0.587. The number of nitrogens with one attached hydrogen (secondary N) is 1. The molecule has 0 saturated carbocycles. The van der Waals surface area contributed by atoms with E-state index in [9.17, 15) is 0 Å². The van der Waals surface area contributed by atoms with Crippen molar-refractivity contribution in [3.05, 3.63) is 58.1 Å². The lowest BCUT2D eigenvalue weighted by Gasteiger charge is -2.12. The summed E-state index contributed by atoms with van der Waals surface area (Å²) >= 11 is 5.31. The van der Waals surface area contributed by atoms with Crippen molar-refractivity contribution >= 4 is 27.7 Å². The Morgan fingerprint density at radius 1 is 1.10 bits per heavy atom. The predicted octanol–water partition coefficient (Wildman–Crippen LogP) is 5.41. The number of rotatable bonds is 5. The molecule has 0 spiro atoms. The molecule has 3 heteroatoms. The molecule has 1 N–H and O–H groups in total. The molecule has 2 aromatic rings. The van der Waals surface area contributed by atoms with E-state index in [0.717, 1.165) is 11.0 Å². The average molecular weight is 350 g/mol. The third-order valence-electron chi connectivity index (χ3n) is 3.05. The highest BCUT2D eigenvalue weighted by molar-refractivity contribution is 9.10. The Morgan fingerprint density at radius 3 is 2.50 bits per heavy atom. The van der Waals surface area contributed by atoms with Gasteiger partial charge in [0, 0.05) is 26.9 Å². The Bertz CT molecular complexity index is 581. The molecule has 2 rings (SSSR count). The smallest absolute Gasteiger partial charge is 0.0210 e. The van der Waals surface area contributed by atoms with E-state index in [1.54, 1.807) is 11.8 Å². The molecule has 0 aliphatic heterocycles. The van der Waals surface area contributed by atoms with E-state index in [1.807, 2.05) is 0 Å². The molecule has 0 heterocycles. The summed E-state index contributed by atoms with van der Waals surface area (Å²) in [6, 6.07) is 15.6. The van der Waals surface area contributed by atoms with Crippen LogP contribution in [-0.4, -0.2) is 6.04 Å². The van der Waals surface area contributed by atoms with Crippen LogP contribution in [0.1, 0.15) is 25.0 Å². The second kappa shape index (κ2) is 7.30. The summed E-state index contributed by atoms with van der Waals surface area (Å²) in [6.07, 6.45) is 0. The highest BCUT2D eigenvalue weighted by Gasteiger charge is 2.03. The Kier molecular flexibility index (Phi) is 5.70. The quantitative estimate of drug-likeness (QED) is 0.774. The van der Waals surface area contributed by atoms with Crippen LogP contribution in [0.2, 0.25) is 0 Å². The number of hydrogen-bond donors (Lipinski definition) is 1. The number of hydrogen-bond acceptors (Lipinski definition) is 2. The molecule has 0 fully saturated rings. The van der Waals surface area contributed by atoms with Gasteiger partial charge in [-0.1, -0.05) is 53.7 Å². The first-order valence-electron chi connectivity index (χ1n) is 6.81. The molecule has 20 heavy (non-hydrogen) atoms. The fourth-order valence-corrected chi connectivity index (χ4v) is 3.44. The van der Waals surface area contributed by atoms with Gasteiger partial charge in [0.2, 0.25) is 0 Å². The highest BCUT2D eigenvalue weighted by atomic mass is 79.9. The van der Waals surface area contributed by atoms with Gasteiger partial charge < -0.3 is 5.32 Å². The summed E-state index contributed by atoms with van der Waals surface area (Å²) in [5.41, 5.74) is 2.72. The van der Waals surface area contributed by atoms with Gasteiger partial charge in [0.15, 0.2) is 0 Å². The van der Waals surface area contributed by atoms with Gasteiger partial charge in [0.25, 0.3) is 0 Å². The first-order valence-corrected chi connectivity index (χ1v) is 8.42. The van der Waals surface area contributed by atoms with Crippen molar-refractivity contribution in [3.63, 3.8) is 0 Å². The van der Waals surface area contributed by atoms with Gasteiger partial charge in [0.05, 0.1) is 0 Å². The standard InChI is InChI=1S/C17H20BrNS/c1-12(2)19-11-14-7-8-17(9-13(14)3)20-16-6-4-5-15(18)10-16/h4-10,12,19H,11H2,1-3H3. The minimum Gasteiger partial charge on any atom is -0.310 e. The number of benzene rings is 2. The first kappa shape index (κ1) is 15.6. The van der Waals surface area contributed by atoms with Gasteiger partial charge in [-0.15, -0.1) is 0 Å². The largest absolute Gasteiger partial charge is 0.310 e. The molecule has 1 nitrogen and oxygen atoms in total. The summed E-state index contributed by atoms with van der Waals surface area (Å²) in [6.45, 7) is 7.47. The van der Waals surface area contributed by atoms with Gasteiger partial charge in [-0.3, -0.25) is 0 Å². The van der Waals surface area contributed by atoms with Crippen molar-refractivity contribution in [2.45, 2.75) is 43.1 Å². The maximum Gasteiger partial charge on any atom is 0.0210 e. The van der Waals surface area contributed by atoms with Crippen LogP contribution in [-0.2, 0) is 6.54 Å². The van der Waals surface area contributed by atoms with Crippen LogP contribution in [0.25, 0.3) is 0 Å². The topological polar surface area (TPSA) is 12.0 Å². The molecule has 2 aromatic carbocycles. The van der Waals surface area contributed by atoms with E-state index in [4.69, 9.17) is 0 Å². The van der Waals surface area contributed by atoms with Crippen LogP contribution in [0.3, 0.4) is 0 Å². The zero-order valence-corrected chi connectivity index (χ0v) is 14.5. The maximum absolute atomic E-state index is 3.51. The molecule has 0 unspecified atom stereocenters. The monoisotopic (exact) mass is 349 g/mol. The molecule has 0 atom stereocenters. The SMILES string of the molecule is Cc1cc(Sc2cccc(Br)c2)ccc1CNC(C)C. The zero-order valence-electron chi connectivity index (χ0n) is 12.1. The van der Waals surface area contributed by atoms with Gasteiger partial charge >= 0.3 is 0 Å². The second-order valence-corrected chi connectivity index (χ2v) is 7.25. The first-order chi connectivity index (χ1) is 9.54. The summed E-state index contributed by atoms with van der Waals surface area (Å²) in [4.78, 5) is 2.54. The van der Waals surface area contributed by atoms with Crippen molar-refractivity contribution in [2.75, 3.05) is 0 Å². The van der Waals surface area contributed by atoms with Crippen LogP contribution >= 0.6 is 27.7 Å². The van der Waals surface area contributed by atoms with Crippen LogP contribution in [0.4, 0.5) is 0 Å². The minimum atomic E-state index is 0.519. The fourth-order valence-electron chi connectivity index (χ4n) is 1.91. The lowest BCUT2D eigenvalue weighted by Crippen LogP contribution is -2.22. The van der Waals surface area contributed by atoms with Crippen LogP contribution < -0.4 is 5.32 Å². The van der Waals surface area contributed by atoms with Gasteiger partial charge in [-0.2, -0.15) is 0 Å². The van der Waals surface area contributed by atoms with Crippen LogP contribution in [0, 0.1) is 6.92 Å². The molecular formula is C17H20BrNS. The zero-order chi connectivity index (χ0) is 14.5. The molecule has 0 aliphatic rings. The molecule has 106 valence electrons. The molecule has 0 saturated heterocycles. The van der Waals surface area contributed by atoms with Crippen molar-refractivity contribution in [3.8, 4) is 0 Å². The summed E-state index contributed by atoms with van der Waals surface area (Å²) in [5.74, 6) is 0. The Morgan fingerprint density at radius 2 is 1.85 bits per heavy atom. The summed E-state index contributed by atoms with van der Waals surface area (Å²) < 4.78 is 1.12. The van der Waals surface area contributed by atoms with E-state index < -0.39 is 0 Å². The van der Waals surface area contributed by atoms with E-state index in [1.165, 1.54) is 20.9 Å². The molecule has 0 aromatic heterocycles. The number of aryl methyl sites for hydroxylation is 1. The third kappa shape index (κ3) is 4.65. The summed E-state index contributed by atoms with van der Waals surface area (Å²) in [7, 11) is 0. The second-order valence-electron chi connectivity index (χ2n) is 5.18. The Hall–Kier alpha value is -0.770. The predicted molar refractivity (Wildman–Crippen MR) is 91.4 cm³/mol. The third-order valence-corrected chi connectivity index (χ3v) is 4.52. The molecule has 0 amide bonds. The van der Waals surface area contributed by atoms with E-state index >= 15 is 0 Å². The van der Waals surface area contributed by atoms with Gasteiger partial charge in [0.1, 0.15) is 0 Å². The summed E-state index contributed by atoms with van der Waals surface area (Å²) in [5, 5.41) is 3.47. The Balaban J connectivity index is 2.09. The molecule has 0 bridgehead atoms. The van der Waals surface area contributed by atoms with E-state index in [0.29, 0.717) is 6.04 Å².